The summed E-state index contributed by atoms with van der Waals surface area (Å²) in [7, 11) is 0. The van der Waals surface area contributed by atoms with Crippen LogP contribution < -0.4 is 10.1 Å². The monoisotopic (exact) mass is 469 g/mol. The number of carbonyl (C=O) groups excluding carboxylic acids is 1. The summed E-state index contributed by atoms with van der Waals surface area (Å²) in [5, 5.41) is 2.76. The van der Waals surface area contributed by atoms with E-state index in [2.05, 4.69) is 36.5 Å². The van der Waals surface area contributed by atoms with Crippen LogP contribution in [0.4, 0.5) is 14.5 Å². The maximum absolute atomic E-state index is 13.0. The Morgan fingerprint density at radius 3 is 2.52 bits per heavy atom. The lowest BCUT2D eigenvalue weighted by molar-refractivity contribution is -0.0964. The van der Waals surface area contributed by atoms with Crippen molar-refractivity contribution >= 4 is 34.2 Å². The Morgan fingerprint density at radius 2 is 1.88 bits per heavy atom. The lowest BCUT2D eigenvalue weighted by Crippen LogP contribution is -2.16. The first-order chi connectivity index (χ1) is 15.7. The SMILES string of the molecule is CC1(n2cnc3cc(C(=O)Nc4ccc(OC(F)(F)Cl)cc4)cc(-c4cncnc4)c32)CC1. The van der Waals surface area contributed by atoms with Crippen LogP contribution in [-0.4, -0.2) is 31.0 Å². The van der Waals surface area contributed by atoms with Gasteiger partial charge in [-0.2, -0.15) is 0 Å². The molecule has 2 aromatic heterocycles. The van der Waals surface area contributed by atoms with E-state index in [-0.39, 0.29) is 17.2 Å². The van der Waals surface area contributed by atoms with Gasteiger partial charge < -0.3 is 14.6 Å². The van der Waals surface area contributed by atoms with Crippen LogP contribution in [0.5, 0.6) is 5.75 Å². The Morgan fingerprint density at radius 1 is 1.18 bits per heavy atom. The van der Waals surface area contributed by atoms with Gasteiger partial charge in [0.15, 0.2) is 0 Å². The van der Waals surface area contributed by atoms with Gasteiger partial charge in [-0.15, -0.1) is 8.78 Å². The predicted octanol–water partition coefficient (Wildman–Crippen LogP) is 5.42. The van der Waals surface area contributed by atoms with E-state index in [4.69, 9.17) is 11.6 Å². The number of fused-ring (bicyclic) bond motifs is 1. The molecule has 2 heterocycles. The van der Waals surface area contributed by atoms with Crippen molar-refractivity contribution in [3.63, 3.8) is 0 Å². The molecule has 0 radical (unpaired) electrons. The molecule has 2 aromatic carbocycles. The first-order valence-corrected chi connectivity index (χ1v) is 10.5. The smallest absolute Gasteiger partial charge is 0.420 e. The number of carbonyl (C=O) groups is 1. The first kappa shape index (κ1) is 21.3. The number of hydrogen-bond donors (Lipinski definition) is 1. The molecule has 10 heteroatoms. The zero-order valence-electron chi connectivity index (χ0n) is 17.4. The summed E-state index contributed by atoms with van der Waals surface area (Å²) in [6.45, 7) is 2.17. The highest BCUT2D eigenvalue weighted by molar-refractivity contribution is 6.20. The Bertz CT molecular complexity index is 1330. The molecular formula is C23H18ClF2N5O2. The van der Waals surface area contributed by atoms with Crippen molar-refractivity contribution in [2.45, 2.75) is 30.9 Å². The van der Waals surface area contributed by atoms with Crippen LogP contribution in [0.3, 0.4) is 0 Å². The molecule has 0 atom stereocenters. The van der Waals surface area contributed by atoms with E-state index in [1.165, 1.54) is 30.6 Å². The number of amides is 1. The van der Waals surface area contributed by atoms with Gasteiger partial charge in [-0.05, 0) is 56.2 Å². The van der Waals surface area contributed by atoms with Gasteiger partial charge in [0.1, 0.15) is 12.1 Å². The van der Waals surface area contributed by atoms with Crippen LogP contribution in [0.2, 0.25) is 0 Å². The number of aromatic nitrogens is 4. The topological polar surface area (TPSA) is 81.9 Å². The molecule has 168 valence electrons. The molecule has 1 fully saturated rings. The van der Waals surface area contributed by atoms with E-state index >= 15 is 0 Å². The van der Waals surface area contributed by atoms with Gasteiger partial charge in [0, 0.05) is 51.9 Å². The maximum Gasteiger partial charge on any atom is 0.487 e. The van der Waals surface area contributed by atoms with Crippen molar-refractivity contribution in [3.8, 4) is 16.9 Å². The molecule has 1 amide bonds. The van der Waals surface area contributed by atoms with Crippen LogP contribution in [0.15, 0.2) is 61.4 Å². The minimum Gasteiger partial charge on any atom is -0.420 e. The number of benzene rings is 2. The fraction of sp³-hybridized carbons (Fsp3) is 0.217. The highest BCUT2D eigenvalue weighted by Gasteiger charge is 2.40. The van der Waals surface area contributed by atoms with Crippen molar-refractivity contribution in [2.75, 3.05) is 5.32 Å². The number of nitrogens with one attached hydrogen (secondary N) is 1. The van der Waals surface area contributed by atoms with E-state index in [0.717, 1.165) is 29.5 Å². The van der Waals surface area contributed by atoms with Gasteiger partial charge >= 0.3 is 5.57 Å². The minimum atomic E-state index is -3.81. The number of rotatable bonds is 6. The number of anilines is 1. The first-order valence-electron chi connectivity index (χ1n) is 10.2. The summed E-state index contributed by atoms with van der Waals surface area (Å²) in [6, 6.07) is 8.99. The number of imidazole rings is 1. The number of nitrogens with zero attached hydrogens (tertiary/aromatic N) is 4. The fourth-order valence-corrected chi connectivity index (χ4v) is 3.80. The summed E-state index contributed by atoms with van der Waals surface area (Å²) in [6.07, 6.45) is 8.76. The molecule has 1 aliphatic carbocycles. The molecule has 1 aliphatic rings. The molecule has 0 unspecified atom stereocenters. The lowest BCUT2D eigenvalue weighted by atomic mass is 10.0. The van der Waals surface area contributed by atoms with E-state index < -0.39 is 5.57 Å². The third-order valence-corrected chi connectivity index (χ3v) is 5.75. The van der Waals surface area contributed by atoms with Crippen LogP contribution in [0.1, 0.15) is 30.1 Å². The summed E-state index contributed by atoms with van der Waals surface area (Å²) in [5.74, 6) is -0.501. The molecule has 0 spiro atoms. The van der Waals surface area contributed by atoms with Crippen molar-refractivity contribution in [1.82, 2.24) is 19.5 Å². The van der Waals surface area contributed by atoms with E-state index in [9.17, 15) is 13.6 Å². The second-order valence-corrected chi connectivity index (χ2v) is 8.60. The van der Waals surface area contributed by atoms with Crippen LogP contribution >= 0.6 is 11.6 Å². The Labute approximate surface area is 192 Å². The Balaban J connectivity index is 1.49. The van der Waals surface area contributed by atoms with Gasteiger partial charge in [-0.25, -0.2) is 15.0 Å². The third kappa shape index (κ3) is 4.36. The summed E-state index contributed by atoms with van der Waals surface area (Å²) in [5.41, 5.74) is 0.174. The summed E-state index contributed by atoms with van der Waals surface area (Å²) >= 11 is 4.78. The van der Waals surface area contributed by atoms with E-state index in [0.29, 0.717) is 16.8 Å². The number of halogens is 3. The van der Waals surface area contributed by atoms with E-state index in [1.807, 2.05) is 0 Å². The van der Waals surface area contributed by atoms with Gasteiger partial charge in [-0.1, -0.05) is 0 Å². The average Bonchev–Trinajstić information content (AvgIpc) is 3.37. The van der Waals surface area contributed by atoms with Crippen molar-refractivity contribution < 1.29 is 18.3 Å². The lowest BCUT2D eigenvalue weighted by Gasteiger charge is -2.15. The normalized spacial score (nSPS) is 14.8. The average molecular weight is 470 g/mol. The molecule has 7 nitrogen and oxygen atoms in total. The molecule has 5 rings (SSSR count). The van der Waals surface area contributed by atoms with Gasteiger partial charge in [0.2, 0.25) is 0 Å². The fourth-order valence-electron chi connectivity index (χ4n) is 3.71. The second kappa shape index (κ2) is 7.77. The minimum absolute atomic E-state index is 0.00652. The Kier molecular flexibility index (Phi) is 5.01. The van der Waals surface area contributed by atoms with Crippen molar-refractivity contribution in [3.05, 3.63) is 67.0 Å². The highest BCUT2D eigenvalue weighted by atomic mass is 35.5. The third-order valence-electron chi connectivity index (χ3n) is 5.68. The van der Waals surface area contributed by atoms with E-state index in [1.54, 1.807) is 30.9 Å². The molecule has 1 saturated carbocycles. The zero-order chi connectivity index (χ0) is 23.2. The largest absolute Gasteiger partial charge is 0.487 e. The quantitative estimate of drug-likeness (QED) is 0.381. The molecule has 0 saturated heterocycles. The second-order valence-electron chi connectivity index (χ2n) is 8.16. The molecule has 1 N–H and O–H groups in total. The van der Waals surface area contributed by atoms with Crippen molar-refractivity contribution in [2.24, 2.45) is 0 Å². The molecule has 4 aromatic rings. The Hall–Kier alpha value is -3.59. The number of ether oxygens (including phenoxy) is 1. The molecular weight excluding hydrogens is 452 g/mol. The summed E-state index contributed by atoms with van der Waals surface area (Å²) in [4.78, 5) is 25.8. The molecule has 33 heavy (non-hydrogen) atoms. The van der Waals surface area contributed by atoms with Gasteiger partial charge in [0.25, 0.3) is 5.91 Å². The standard InChI is InChI=1S/C23H18ClF2N5O2/c1-22(6-7-22)31-13-29-19-9-14(8-18(20(19)31)15-10-27-12-28-11-15)21(32)30-16-2-4-17(5-3-16)33-23(24,25)26/h2-5,8-13H,6-7H2,1H3,(H,30,32). The predicted molar refractivity (Wildman–Crippen MR) is 119 cm³/mol. The zero-order valence-corrected chi connectivity index (χ0v) is 18.2. The maximum atomic E-state index is 13.0. The molecule has 0 aliphatic heterocycles. The van der Waals surface area contributed by atoms with Crippen molar-refractivity contribution in [1.29, 1.82) is 0 Å². The highest BCUT2D eigenvalue weighted by Crippen LogP contribution is 2.46. The number of hydrogen-bond acceptors (Lipinski definition) is 5. The van der Waals surface area contributed by atoms with Gasteiger partial charge in [0.05, 0.1) is 17.4 Å². The van der Waals surface area contributed by atoms with Gasteiger partial charge in [-0.3, -0.25) is 4.79 Å². The van der Waals surface area contributed by atoms with Crippen LogP contribution in [0.25, 0.3) is 22.2 Å². The summed E-state index contributed by atoms with van der Waals surface area (Å²) < 4.78 is 32.0. The van der Waals surface area contributed by atoms with Crippen LogP contribution in [-0.2, 0) is 5.54 Å². The molecule has 0 bridgehead atoms. The number of alkyl halides is 3. The van der Waals surface area contributed by atoms with Crippen LogP contribution in [0, 0.1) is 0 Å².